The van der Waals surface area contributed by atoms with E-state index < -0.39 is 10.0 Å². The Labute approximate surface area is 135 Å². The summed E-state index contributed by atoms with van der Waals surface area (Å²) in [5.41, 5.74) is 1.01. The minimum Gasteiger partial charge on any atom is -0.207 e. The molecule has 106 valence electrons. The number of rotatable bonds is 2. The number of aryl methyl sites for hydroxylation is 1. The molecular formula is C12H15Br2NO2S2. The van der Waals surface area contributed by atoms with Gasteiger partial charge in [-0.05, 0) is 52.7 Å². The van der Waals surface area contributed by atoms with Crippen LogP contribution in [0.5, 0.6) is 0 Å². The molecule has 0 spiro atoms. The summed E-state index contributed by atoms with van der Waals surface area (Å²) in [6.07, 6.45) is 0.911. The van der Waals surface area contributed by atoms with Crippen molar-refractivity contribution in [1.29, 1.82) is 0 Å². The fraction of sp³-hybridized carbons (Fsp3) is 0.500. The smallest absolute Gasteiger partial charge is 0.207 e. The summed E-state index contributed by atoms with van der Waals surface area (Å²) < 4.78 is 28.4. The van der Waals surface area contributed by atoms with Crippen LogP contribution in [0.2, 0.25) is 0 Å². The standard InChI is InChI=1S/C12H15Br2NO2S2/c1-9-7-11(14)12(8-10(9)13)19(16,17)15-3-2-5-18-6-4-15/h7-8H,2-6H2,1H3. The zero-order valence-electron chi connectivity index (χ0n) is 10.5. The summed E-state index contributed by atoms with van der Waals surface area (Å²) in [6, 6.07) is 3.52. The number of halogens is 2. The van der Waals surface area contributed by atoms with Gasteiger partial charge in [-0.25, -0.2) is 8.42 Å². The van der Waals surface area contributed by atoms with Crippen LogP contribution in [0.4, 0.5) is 0 Å². The Kier molecular flexibility index (Phi) is 5.39. The highest BCUT2D eigenvalue weighted by Crippen LogP contribution is 2.31. The number of hydrogen-bond donors (Lipinski definition) is 0. The second kappa shape index (κ2) is 6.47. The highest BCUT2D eigenvalue weighted by Gasteiger charge is 2.27. The van der Waals surface area contributed by atoms with Crippen LogP contribution in [0.15, 0.2) is 26.0 Å². The predicted molar refractivity (Wildman–Crippen MR) is 87.3 cm³/mol. The summed E-state index contributed by atoms with van der Waals surface area (Å²) in [5, 5.41) is 0. The third kappa shape index (κ3) is 3.56. The van der Waals surface area contributed by atoms with Gasteiger partial charge in [-0.15, -0.1) is 0 Å². The summed E-state index contributed by atoms with van der Waals surface area (Å²) in [6.45, 7) is 3.13. The Morgan fingerprint density at radius 3 is 2.63 bits per heavy atom. The van der Waals surface area contributed by atoms with E-state index in [-0.39, 0.29) is 0 Å². The van der Waals surface area contributed by atoms with Gasteiger partial charge in [0.25, 0.3) is 0 Å². The van der Waals surface area contributed by atoms with Gasteiger partial charge in [-0.3, -0.25) is 0 Å². The van der Waals surface area contributed by atoms with Crippen LogP contribution in [0, 0.1) is 6.92 Å². The maximum absolute atomic E-state index is 12.7. The molecule has 2 rings (SSSR count). The van der Waals surface area contributed by atoms with E-state index in [2.05, 4.69) is 31.9 Å². The molecule has 0 saturated carbocycles. The Morgan fingerprint density at radius 1 is 1.16 bits per heavy atom. The molecular weight excluding hydrogens is 414 g/mol. The topological polar surface area (TPSA) is 37.4 Å². The third-order valence-corrected chi connectivity index (χ3v) is 7.77. The molecule has 0 bridgehead atoms. The summed E-state index contributed by atoms with van der Waals surface area (Å²) in [7, 11) is -3.41. The van der Waals surface area contributed by atoms with Crippen LogP contribution in [0.3, 0.4) is 0 Å². The van der Waals surface area contributed by atoms with Gasteiger partial charge in [0.05, 0.1) is 4.90 Å². The summed E-state index contributed by atoms with van der Waals surface area (Å²) >= 11 is 8.59. The predicted octanol–water partition coefficient (Wildman–Crippen LogP) is 3.65. The van der Waals surface area contributed by atoms with Crippen molar-refractivity contribution < 1.29 is 8.42 Å². The molecule has 0 radical (unpaired) electrons. The molecule has 1 aromatic rings. The monoisotopic (exact) mass is 427 g/mol. The molecule has 7 heteroatoms. The van der Waals surface area contributed by atoms with Crippen LogP contribution in [0.1, 0.15) is 12.0 Å². The summed E-state index contributed by atoms with van der Waals surface area (Å²) in [5.74, 6) is 1.90. The van der Waals surface area contributed by atoms with Crippen molar-refractivity contribution in [2.45, 2.75) is 18.2 Å². The minimum absolute atomic E-state index is 0.344. The molecule has 0 aromatic heterocycles. The van der Waals surface area contributed by atoms with Gasteiger partial charge in [0.15, 0.2) is 0 Å². The molecule has 0 aliphatic carbocycles. The molecule has 1 aliphatic heterocycles. The highest BCUT2D eigenvalue weighted by molar-refractivity contribution is 9.11. The fourth-order valence-corrected chi connectivity index (χ4v) is 6.05. The maximum atomic E-state index is 12.7. The van der Waals surface area contributed by atoms with Crippen molar-refractivity contribution >= 4 is 53.6 Å². The number of benzene rings is 1. The van der Waals surface area contributed by atoms with E-state index in [4.69, 9.17) is 0 Å². The molecule has 0 amide bonds. The lowest BCUT2D eigenvalue weighted by atomic mass is 10.2. The van der Waals surface area contributed by atoms with Gasteiger partial charge in [0.1, 0.15) is 0 Å². The lowest BCUT2D eigenvalue weighted by Crippen LogP contribution is -2.33. The average molecular weight is 429 g/mol. The second-order valence-electron chi connectivity index (χ2n) is 4.40. The number of nitrogens with zero attached hydrogens (tertiary/aromatic N) is 1. The molecule has 1 heterocycles. The van der Waals surface area contributed by atoms with Crippen molar-refractivity contribution in [1.82, 2.24) is 4.31 Å². The number of sulfonamides is 1. The van der Waals surface area contributed by atoms with E-state index in [1.165, 1.54) is 0 Å². The fourth-order valence-electron chi connectivity index (χ4n) is 1.93. The second-order valence-corrected chi connectivity index (χ2v) is 9.24. The Bertz CT molecular complexity index is 567. The molecule has 1 aliphatic rings. The van der Waals surface area contributed by atoms with Crippen LogP contribution in [-0.2, 0) is 10.0 Å². The minimum atomic E-state index is -3.41. The van der Waals surface area contributed by atoms with Crippen molar-refractivity contribution in [2.24, 2.45) is 0 Å². The van der Waals surface area contributed by atoms with Crippen molar-refractivity contribution in [3.63, 3.8) is 0 Å². The average Bonchev–Trinajstić information content (AvgIpc) is 2.62. The van der Waals surface area contributed by atoms with Crippen LogP contribution in [-0.4, -0.2) is 37.3 Å². The summed E-state index contributed by atoms with van der Waals surface area (Å²) in [4.78, 5) is 0.344. The molecule has 1 aromatic carbocycles. The first kappa shape index (κ1) is 15.8. The maximum Gasteiger partial charge on any atom is 0.244 e. The Morgan fingerprint density at radius 2 is 1.89 bits per heavy atom. The van der Waals surface area contributed by atoms with Crippen LogP contribution < -0.4 is 0 Å². The zero-order chi connectivity index (χ0) is 14.0. The van der Waals surface area contributed by atoms with E-state index in [0.717, 1.165) is 28.0 Å². The van der Waals surface area contributed by atoms with Gasteiger partial charge >= 0.3 is 0 Å². The van der Waals surface area contributed by atoms with Gasteiger partial charge in [-0.1, -0.05) is 15.9 Å². The lowest BCUT2D eigenvalue weighted by molar-refractivity contribution is 0.434. The van der Waals surface area contributed by atoms with Crippen molar-refractivity contribution in [3.05, 3.63) is 26.6 Å². The zero-order valence-corrected chi connectivity index (χ0v) is 15.3. The molecule has 1 fully saturated rings. The van der Waals surface area contributed by atoms with E-state index >= 15 is 0 Å². The third-order valence-electron chi connectivity index (χ3n) is 3.01. The lowest BCUT2D eigenvalue weighted by Gasteiger charge is -2.21. The first-order valence-corrected chi connectivity index (χ1v) is 10.1. The van der Waals surface area contributed by atoms with E-state index in [1.54, 1.807) is 10.4 Å². The van der Waals surface area contributed by atoms with E-state index in [1.807, 2.05) is 24.8 Å². The number of thioether (sulfide) groups is 1. The Hall–Kier alpha value is 0.440. The molecule has 0 N–H and O–H groups in total. The van der Waals surface area contributed by atoms with Crippen LogP contribution >= 0.6 is 43.6 Å². The molecule has 19 heavy (non-hydrogen) atoms. The van der Waals surface area contributed by atoms with Gasteiger partial charge in [0, 0.05) is 27.8 Å². The van der Waals surface area contributed by atoms with E-state index in [0.29, 0.717) is 22.5 Å². The molecule has 3 nitrogen and oxygen atoms in total. The molecule has 0 atom stereocenters. The van der Waals surface area contributed by atoms with E-state index in [9.17, 15) is 8.42 Å². The SMILES string of the molecule is Cc1cc(Br)c(S(=O)(=O)N2CCCSCC2)cc1Br. The van der Waals surface area contributed by atoms with Gasteiger partial charge < -0.3 is 0 Å². The first-order chi connectivity index (χ1) is 8.93. The molecule has 0 unspecified atom stereocenters. The normalized spacial score (nSPS) is 18.3. The highest BCUT2D eigenvalue weighted by atomic mass is 79.9. The number of hydrogen-bond acceptors (Lipinski definition) is 3. The Balaban J connectivity index is 2.41. The van der Waals surface area contributed by atoms with Crippen molar-refractivity contribution in [3.8, 4) is 0 Å². The quantitative estimate of drug-likeness (QED) is 0.721. The molecule has 1 saturated heterocycles. The van der Waals surface area contributed by atoms with Gasteiger partial charge in [-0.2, -0.15) is 16.1 Å². The largest absolute Gasteiger partial charge is 0.244 e. The van der Waals surface area contributed by atoms with Gasteiger partial charge in [0.2, 0.25) is 10.0 Å². The van der Waals surface area contributed by atoms with Crippen molar-refractivity contribution in [2.75, 3.05) is 24.6 Å². The first-order valence-electron chi connectivity index (χ1n) is 5.96. The van der Waals surface area contributed by atoms with Crippen LogP contribution in [0.25, 0.3) is 0 Å².